The Kier molecular flexibility index (Phi) is 2.93. The van der Waals surface area contributed by atoms with Crippen molar-refractivity contribution in [3.05, 3.63) is 64.5 Å². The van der Waals surface area contributed by atoms with Crippen LogP contribution in [0.1, 0.15) is 50.4 Å². The van der Waals surface area contributed by atoms with E-state index in [2.05, 4.69) is 43.1 Å². The summed E-state index contributed by atoms with van der Waals surface area (Å²) in [5.74, 6) is 0.300. The van der Waals surface area contributed by atoms with Gasteiger partial charge in [0.25, 0.3) is 0 Å². The lowest BCUT2D eigenvalue weighted by Crippen LogP contribution is -2.40. The van der Waals surface area contributed by atoms with E-state index in [1.54, 1.807) is 0 Å². The molecule has 0 fully saturated rings. The van der Waals surface area contributed by atoms with E-state index >= 15 is 0 Å². The number of Topliss-reactive ketones (excluding diaryl/α,β-unsaturated/α-hetero) is 1. The monoisotopic (exact) mass is 306 g/mol. The van der Waals surface area contributed by atoms with Crippen LogP contribution in [0.25, 0.3) is 0 Å². The molecule has 0 spiro atoms. The van der Waals surface area contributed by atoms with Crippen LogP contribution in [0, 0.1) is 5.41 Å². The Morgan fingerprint density at radius 3 is 2.57 bits per heavy atom. The van der Waals surface area contributed by atoms with Crippen LogP contribution in [0.15, 0.2) is 47.7 Å². The number of rotatable bonds is 1. The maximum absolute atomic E-state index is 13.1. The van der Waals surface area contributed by atoms with E-state index in [-0.39, 0.29) is 5.41 Å². The van der Waals surface area contributed by atoms with Crippen molar-refractivity contribution in [2.45, 2.75) is 45.4 Å². The van der Waals surface area contributed by atoms with Gasteiger partial charge in [-0.3, -0.25) is 9.89 Å². The molecule has 3 nitrogen and oxygen atoms in total. The van der Waals surface area contributed by atoms with E-state index in [9.17, 15) is 4.79 Å². The van der Waals surface area contributed by atoms with Crippen LogP contribution in [-0.2, 0) is 16.6 Å². The Bertz CT molecular complexity index is 813. The minimum absolute atomic E-state index is 0.0467. The second kappa shape index (κ2) is 4.67. The number of carbonyl (C=O) groups excluding carboxylic acids is 1. The number of ketones is 1. The van der Waals surface area contributed by atoms with E-state index in [1.165, 1.54) is 11.1 Å². The summed E-state index contributed by atoms with van der Waals surface area (Å²) >= 11 is 0. The van der Waals surface area contributed by atoms with Crippen LogP contribution in [-0.4, -0.2) is 16.0 Å². The van der Waals surface area contributed by atoms with Crippen LogP contribution in [0.5, 0.6) is 0 Å². The Labute approximate surface area is 136 Å². The molecule has 118 valence electrons. The fourth-order valence-corrected chi connectivity index (χ4v) is 4.53. The number of allylic oxidation sites excluding steroid dienone is 2. The maximum Gasteiger partial charge on any atom is 0.160 e. The van der Waals surface area contributed by atoms with Gasteiger partial charge in [-0.1, -0.05) is 49.8 Å². The first-order valence-corrected chi connectivity index (χ1v) is 8.26. The van der Waals surface area contributed by atoms with E-state index in [0.29, 0.717) is 12.2 Å². The highest BCUT2D eigenvalue weighted by molar-refractivity contribution is 6.01. The average Bonchev–Trinajstić information content (AvgIpc) is 2.95. The molecule has 3 heteroatoms. The minimum atomic E-state index is -0.398. The van der Waals surface area contributed by atoms with Gasteiger partial charge in [-0.05, 0) is 24.3 Å². The molecule has 23 heavy (non-hydrogen) atoms. The summed E-state index contributed by atoms with van der Waals surface area (Å²) in [7, 11) is 0. The van der Waals surface area contributed by atoms with Crippen molar-refractivity contribution in [2.24, 2.45) is 5.41 Å². The predicted octanol–water partition coefficient (Wildman–Crippen LogP) is 3.96. The molecule has 0 amide bonds. The fraction of sp³-hybridized carbons (Fsp3) is 0.400. The summed E-state index contributed by atoms with van der Waals surface area (Å²) < 4.78 is 0. The molecular formula is C20H22N2O. The highest BCUT2D eigenvalue weighted by Crippen LogP contribution is 2.51. The molecule has 0 aliphatic heterocycles. The predicted molar refractivity (Wildman–Crippen MR) is 90.2 cm³/mol. The van der Waals surface area contributed by atoms with Gasteiger partial charge in [0.15, 0.2) is 5.78 Å². The Morgan fingerprint density at radius 2 is 1.83 bits per heavy atom. The maximum atomic E-state index is 13.1. The molecule has 0 unspecified atom stereocenters. The van der Waals surface area contributed by atoms with Crippen molar-refractivity contribution in [1.29, 1.82) is 0 Å². The van der Waals surface area contributed by atoms with Gasteiger partial charge in [0.2, 0.25) is 0 Å². The van der Waals surface area contributed by atoms with Gasteiger partial charge in [0.05, 0.1) is 6.20 Å². The lowest BCUT2D eigenvalue weighted by atomic mass is 9.59. The van der Waals surface area contributed by atoms with Gasteiger partial charge in [0, 0.05) is 35.1 Å². The quantitative estimate of drug-likeness (QED) is 0.867. The smallest absolute Gasteiger partial charge is 0.160 e. The van der Waals surface area contributed by atoms with Crippen molar-refractivity contribution in [3.63, 3.8) is 0 Å². The molecule has 1 aromatic heterocycles. The number of fused-ring (bicyclic) bond motifs is 1. The van der Waals surface area contributed by atoms with E-state index in [1.807, 2.05) is 24.4 Å². The third-order valence-corrected chi connectivity index (χ3v) is 5.46. The van der Waals surface area contributed by atoms with Crippen LogP contribution < -0.4 is 0 Å². The molecule has 1 heterocycles. The molecule has 0 radical (unpaired) electrons. The lowest BCUT2D eigenvalue weighted by molar-refractivity contribution is -0.118. The SMILES string of the molecule is CC1(C)CC(=O)C2=C(Cc3[nH]ncc3[C@@]2(C)c2ccccc2)C1. The first-order chi connectivity index (χ1) is 10.9. The number of aromatic nitrogens is 2. The zero-order valence-electron chi connectivity index (χ0n) is 13.9. The molecule has 1 aromatic carbocycles. The highest BCUT2D eigenvalue weighted by Gasteiger charge is 2.47. The zero-order chi connectivity index (χ0) is 16.2. The summed E-state index contributed by atoms with van der Waals surface area (Å²) in [5.41, 5.74) is 5.42. The number of nitrogens with one attached hydrogen (secondary N) is 1. The second-order valence-electron chi connectivity index (χ2n) is 7.85. The number of carbonyl (C=O) groups is 1. The number of aromatic amines is 1. The van der Waals surface area contributed by atoms with Gasteiger partial charge >= 0.3 is 0 Å². The minimum Gasteiger partial charge on any atom is -0.294 e. The van der Waals surface area contributed by atoms with Gasteiger partial charge < -0.3 is 0 Å². The standard InChI is InChI=1S/C20H22N2O/c1-19(2)10-13-9-16-15(12-21-22-16)20(3,18(13)17(23)11-19)14-7-5-4-6-8-14/h4-8,12H,9-11H2,1-3H3,(H,21,22)/t20-/m1/s1. The summed E-state index contributed by atoms with van der Waals surface area (Å²) in [6.07, 6.45) is 4.33. The molecule has 2 aromatic rings. The molecule has 2 aliphatic rings. The normalized spacial score (nSPS) is 26.0. The van der Waals surface area contributed by atoms with Crippen molar-refractivity contribution in [3.8, 4) is 0 Å². The third-order valence-electron chi connectivity index (χ3n) is 5.46. The van der Waals surface area contributed by atoms with Crippen molar-refractivity contribution < 1.29 is 4.79 Å². The van der Waals surface area contributed by atoms with Gasteiger partial charge in [-0.25, -0.2) is 0 Å². The molecule has 0 bridgehead atoms. The molecule has 2 aliphatic carbocycles. The average molecular weight is 306 g/mol. The zero-order valence-corrected chi connectivity index (χ0v) is 13.9. The van der Waals surface area contributed by atoms with Crippen molar-refractivity contribution in [1.82, 2.24) is 10.2 Å². The first kappa shape index (κ1) is 14.4. The summed E-state index contributed by atoms with van der Waals surface area (Å²) in [5, 5.41) is 7.44. The lowest BCUT2D eigenvalue weighted by Gasteiger charge is -2.43. The van der Waals surface area contributed by atoms with Gasteiger partial charge in [-0.2, -0.15) is 5.10 Å². The van der Waals surface area contributed by atoms with E-state index < -0.39 is 5.41 Å². The summed E-state index contributed by atoms with van der Waals surface area (Å²) in [6.45, 7) is 6.56. The van der Waals surface area contributed by atoms with Gasteiger partial charge in [0.1, 0.15) is 0 Å². The molecule has 1 N–H and O–H groups in total. The molecule has 1 atom stereocenters. The Morgan fingerprint density at radius 1 is 1.09 bits per heavy atom. The fourth-order valence-electron chi connectivity index (χ4n) is 4.53. The van der Waals surface area contributed by atoms with Crippen LogP contribution in [0.4, 0.5) is 0 Å². The van der Waals surface area contributed by atoms with Crippen LogP contribution >= 0.6 is 0 Å². The largest absolute Gasteiger partial charge is 0.294 e. The number of hydrogen-bond acceptors (Lipinski definition) is 2. The Balaban J connectivity index is 1.99. The number of H-pyrrole nitrogens is 1. The van der Waals surface area contributed by atoms with Crippen LogP contribution in [0.3, 0.4) is 0 Å². The van der Waals surface area contributed by atoms with E-state index in [4.69, 9.17) is 0 Å². The second-order valence-corrected chi connectivity index (χ2v) is 7.85. The molecule has 0 saturated carbocycles. The summed E-state index contributed by atoms with van der Waals surface area (Å²) in [6, 6.07) is 10.4. The number of nitrogens with zero attached hydrogens (tertiary/aromatic N) is 1. The van der Waals surface area contributed by atoms with Crippen molar-refractivity contribution in [2.75, 3.05) is 0 Å². The number of hydrogen-bond donors (Lipinski definition) is 1. The Hall–Kier alpha value is -2.16. The van der Waals surface area contributed by atoms with Gasteiger partial charge in [-0.15, -0.1) is 0 Å². The first-order valence-electron chi connectivity index (χ1n) is 8.26. The van der Waals surface area contributed by atoms with Crippen LogP contribution in [0.2, 0.25) is 0 Å². The third kappa shape index (κ3) is 2.03. The number of benzene rings is 1. The topological polar surface area (TPSA) is 45.8 Å². The van der Waals surface area contributed by atoms with E-state index in [0.717, 1.165) is 29.7 Å². The molecule has 0 saturated heterocycles. The summed E-state index contributed by atoms with van der Waals surface area (Å²) in [4.78, 5) is 13.1. The van der Waals surface area contributed by atoms with Crippen molar-refractivity contribution >= 4 is 5.78 Å². The molecule has 4 rings (SSSR count). The molecular weight excluding hydrogens is 284 g/mol. The highest BCUT2D eigenvalue weighted by atomic mass is 16.1.